The molecule has 0 aliphatic rings. The molecular formula is C137H145ClO9. The molecule has 16 aromatic rings. The number of halogens is 1. The van der Waals surface area contributed by atoms with E-state index >= 15 is 0 Å². The van der Waals surface area contributed by atoms with Crippen LogP contribution in [0.15, 0.2) is 376 Å². The minimum absolute atomic E-state index is 0.218. The normalized spacial score (nSPS) is 10.4. The molecule has 0 spiro atoms. The molecule has 0 N–H and O–H groups in total. The number of benzene rings is 16. The van der Waals surface area contributed by atoms with Crippen LogP contribution in [0.4, 0.5) is 0 Å². The quantitative estimate of drug-likeness (QED) is 0.0392. The SMILES string of the molecule is COc1cc(CC(=O)Cc2ccccc2C)ccc1C.Cc1cc(Cl)cc(CC(=O)Cc2ccccc2C)c1.Cc1ccc(CC(=O)Cc2ccccc2C)cc1.Cc1ccc(CC(=O)Cc2ccccc2C)cc1.Cc1ccc(CC(=O)Cc2ccccc2C)cc1.Cc1ccc(CC(=O)Cc2ccccc2C)cc1.Cc1cccc(CC(=O)Cc2ccccc2C)c1.Cc1cccc(CC(=O)Cc2ccccc2C)c1. The van der Waals surface area contributed by atoms with Crippen molar-refractivity contribution in [1.82, 2.24) is 0 Å². The molecule has 0 saturated carbocycles. The number of Topliss-reactive ketones (excluding diaryl/α,β-unsaturated/α-hetero) is 8. The highest BCUT2D eigenvalue weighted by molar-refractivity contribution is 6.30. The van der Waals surface area contributed by atoms with Crippen molar-refractivity contribution in [3.63, 3.8) is 0 Å². The molecule has 0 heterocycles. The highest BCUT2D eigenvalue weighted by Gasteiger charge is 2.17. The Morgan fingerprint density at radius 3 is 0.558 bits per heavy atom. The topological polar surface area (TPSA) is 146 Å². The lowest BCUT2D eigenvalue weighted by Crippen LogP contribution is -2.07. The Kier molecular flexibility index (Phi) is 48.2. The summed E-state index contributed by atoms with van der Waals surface area (Å²) in [6, 6.07) is 125. The summed E-state index contributed by atoms with van der Waals surface area (Å²) in [5.74, 6) is 2.92. The summed E-state index contributed by atoms with van der Waals surface area (Å²) in [4.78, 5) is 96.5. The van der Waals surface area contributed by atoms with E-state index in [1.807, 2.05) is 295 Å². The molecule has 0 unspecified atom stereocenters. The van der Waals surface area contributed by atoms with Crippen molar-refractivity contribution in [2.24, 2.45) is 0 Å². The van der Waals surface area contributed by atoms with Gasteiger partial charge in [-0.2, -0.15) is 0 Å². The zero-order valence-electron chi connectivity index (χ0n) is 89.2. The van der Waals surface area contributed by atoms with Crippen LogP contribution >= 0.6 is 11.6 Å². The first-order valence-electron chi connectivity index (χ1n) is 50.8. The van der Waals surface area contributed by atoms with E-state index in [-0.39, 0.29) is 46.3 Å². The van der Waals surface area contributed by atoms with Crippen molar-refractivity contribution < 1.29 is 43.1 Å². The van der Waals surface area contributed by atoms with Crippen LogP contribution in [-0.2, 0) is 141 Å². The third kappa shape index (κ3) is 43.4. The molecular weight excluding hydrogens is 1820 g/mol. The lowest BCUT2D eigenvalue weighted by Gasteiger charge is -2.08. The first-order valence-corrected chi connectivity index (χ1v) is 51.1. The molecule has 0 bridgehead atoms. The minimum atomic E-state index is 0.218. The monoisotopic (exact) mass is 1970 g/mol. The molecule has 0 fully saturated rings. The van der Waals surface area contributed by atoms with E-state index in [2.05, 4.69) is 192 Å². The molecule has 0 amide bonds. The molecule has 0 aromatic heterocycles. The molecule has 0 aliphatic carbocycles. The van der Waals surface area contributed by atoms with Gasteiger partial charge in [0.05, 0.1) is 7.11 Å². The molecule has 9 nitrogen and oxygen atoms in total. The van der Waals surface area contributed by atoms with Gasteiger partial charge in [-0.15, -0.1) is 0 Å². The van der Waals surface area contributed by atoms with E-state index in [0.717, 1.165) is 111 Å². The van der Waals surface area contributed by atoms with E-state index in [1.54, 1.807) is 7.11 Å². The second-order valence-electron chi connectivity index (χ2n) is 38.9. The van der Waals surface area contributed by atoms with Crippen LogP contribution in [0.2, 0.25) is 5.02 Å². The van der Waals surface area contributed by atoms with Gasteiger partial charge in [-0.3, -0.25) is 38.4 Å². The third-order valence-electron chi connectivity index (χ3n) is 25.6. The summed E-state index contributed by atoms with van der Waals surface area (Å²) in [6.07, 6.45) is 8.17. The van der Waals surface area contributed by atoms with Gasteiger partial charge in [0, 0.05) is 108 Å². The van der Waals surface area contributed by atoms with Crippen molar-refractivity contribution in [1.29, 1.82) is 0 Å². The van der Waals surface area contributed by atoms with E-state index in [4.69, 9.17) is 16.3 Å². The molecule has 147 heavy (non-hydrogen) atoms. The van der Waals surface area contributed by atoms with Crippen LogP contribution in [0, 0.1) is 111 Å². The van der Waals surface area contributed by atoms with Crippen LogP contribution in [-0.4, -0.2) is 53.4 Å². The Bertz CT molecular complexity index is 6460. The second-order valence-corrected chi connectivity index (χ2v) is 39.3. The fourth-order valence-electron chi connectivity index (χ4n) is 16.8. The highest BCUT2D eigenvalue weighted by atomic mass is 35.5. The predicted octanol–water partition coefficient (Wildman–Crippen LogP) is 29.9. The van der Waals surface area contributed by atoms with Gasteiger partial charge in [-0.05, 0) is 274 Å². The van der Waals surface area contributed by atoms with Crippen LogP contribution in [0.25, 0.3) is 0 Å². The van der Waals surface area contributed by atoms with E-state index < -0.39 is 0 Å². The number of hydrogen-bond donors (Lipinski definition) is 0. The molecule has 10 heteroatoms. The Hall–Kier alpha value is -15.0. The summed E-state index contributed by atoms with van der Waals surface area (Å²) in [6.45, 7) is 32.7. The fourth-order valence-corrected chi connectivity index (χ4v) is 17.2. The largest absolute Gasteiger partial charge is 0.496 e. The van der Waals surface area contributed by atoms with Gasteiger partial charge >= 0.3 is 0 Å². The number of methoxy groups -OCH3 is 1. The predicted molar refractivity (Wildman–Crippen MR) is 610 cm³/mol. The molecule has 754 valence electrons. The van der Waals surface area contributed by atoms with Crippen molar-refractivity contribution in [3.05, 3.63) is 559 Å². The number of ether oxygens (including phenoxy) is 1. The van der Waals surface area contributed by atoms with Gasteiger partial charge in [-0.25, -0.2) is 0 Å². The van der Waals surface area contributed by atoms with E-state index in [0.29, 0.717) is 108 Å². The summed E-state index contributed by atoms with van der Waals surface area (Å²) in [5, 5.41) is 0.693. The van der Waals surface area contributed by atoms with Crippen LogP contribution in [0.5, 0.6) is 5.75 Å². The number of hydrogen-bond acceptors (Lipinski definition) is 9. The van der Waals surface area contributed by atoms with Crippen molar-refractivity contribution in [2.75, 3.05) is 7.11 Å². The van der Waals surface area contributed by atoms with Crippen molar-refractivity contribution >= 4 is 57.9 Å². The van der Waals surface area contributed by atoms with Gasteiger partial charge < -0.3 is 4.74 Å². The average molecular weight is 1970 g/mol. The lowest BCUT2D eigenvalue weighted by molar-refractivity contribution is -0.118. The third-order valence-corrected chi connectivity index (χ3v) is 25.8. The molecule has 0 atom stereocenters. The molecule has 0 aliphatic heterocycles. The number of carbonyl (C=O) groups excluding carboxylic acids is 8. The van der Waals surface area contributed by atoms with Gasteiger partial charge in [0.1, 0.15) is 52.0 Å². The number of rotatable bonds is 33. The Balaban J connectivity index is 0.000000187. The van der Waals surface area contributed by atoms with Crippen molar-refractivity contribution in [2.45, 2.75) is 214 Å². The molecule has 16 rings (SSSR count). The second kappa shape index (κ2) is 61.3. The highest BCUT2D eigenvalue weighted by Crippen LogP contribution is 2.25. The zero-order valence-corrected chi connectivity index (χ0v) is 89.9. The first kappa shape index (κ1) is 116. The van der Waals surface area contributed by atoms with Crippen LogP contribution in [0.3, 0.4) is 0 Å². The first-order chi connectivity index (χ1) is 70.5. The summed E-state index contributed by atoms with van der Waals surface area (Å²) < 4.78 is 5.29. The van der Waals surface area contributed by atoms with Crippen LogP contribution in [0.1, 0.15) is 178 Å². The maximum absolute atomic E-state index is 12.2. The van der Waals surface area contributed by atoms with Crippen molar-refractivity contribution in [3.8, 4) is 5.75 Å². The standard InChI is InChI=1S/C18H20O2.C17H17ClO.6C17H18O/c1-13-6-4-5-7-16(13)12-17(19)10-15-9-8-14(2)18(11-15)20-3;1-12-7-14(9-16(18)8-12)10-17(19)11-15-6-4-3-5-13(15)2;2*1-13-6-5-8-15(10-13)11-17(18)12-16-9-4-3-7-14(16)2;4*1-13-7-9-15(10-8-13)11-17(18)12-16-6-4-3-5-14(16)2/h4-9,11H,10,12H2,1-3H3;3-9H,10-11H2,1-2H3;6*3-10H,11-12H2,1-2H3. The fraction of sp³-hybridized carbons (Fsp3) is 0.241. The summed E-state index contributed by atoms with van der Waals surface area (Å²) >= 11 is 6.01. The van der Waals surface area contributed by atoms with E-state index in [1.165, 1.54) is 72.3 Å². The smallest absolute Gasteiger partial charge is 0.141 e. The van der Waals surface area contributed by atoms with Gasteiger partial charge in [0.15, 0.2) is 0 Å². The summed E-state index contributed by atoms with van der Waals surface area (Å²) in [5.41, 5.74) is 36.6. The lowest BCUT2D eigenvalue weighted by atomic mass is 9.99. The average Bonchev–Trinajstić information content (AvgIpc) is 0.868. The Morgan fingerprint density at radius 2 is 0.354 bits per heavy atom. The van der Waals surface area contributed by atoms with Gasteiger partial charge in [0.2, 0.25) is 0 Å². The minimum Gasteiger partial charge on any atom is -0.496 e. The zero-order chi connectivity index (χ0) is 106. The summed E-state index contributed by atoms with van der Waals surface area (Å²) in [7, 11) is 1.65. The number of carbonyl (C=O) groups is 8. The maximum atomic E-state index is 12.2. The Morgan fingerprint density at radius 1 is 0.163 bits per heavy atom. The molecule has 16 aromatic carbocycles. The maximum Gasteiger partial charge on any atom is 0.141 e. The molecule has 0 radical (unpaired) electrons. The van der Waals surface area contributed by atoms with E-state index in [9.17, 15) is 38.4 Å². The number of ketones is 8. The van der Waals surface area contributed by atoms with Gasteiger partial charge in [0.25, 0.3) is 0 Å². The Labute approximate surface area is 880 Å². The number of aryl methyl sites for hydroxylation is 16. The molecule has 0 saturated heterocycles. The van der Waals surface area contributed by atoms with Crippen LogP contribution < -0.4 is 4.74 Å². The van der Waals surface area contributed by atoms with Gasteiger partial charge in [-0.1, -0.05) is 403 Å².